The molecule has 2 aliphatic rings. The molecular formula is C26H25Cl2NO5S. The molecule has 184 valence electrons. The number of hydrogen-bond acceptors (Lipinski definition) is 6. The Morgan fingerprint density at radius 3 is 2.60 bits per heavy atom. The first kappa shape index (κ1) is 24.3. The second-order valence-electron chi connectivity index (χ2n) is 9.82. The molecule has 3 aromatic rings. The number of carbonyl (C=O) groups is 2. The van der Waals surface area contributed by atoms with E-state index in [0.717, 1.165) is 37.5 Å². The Kier molecular flexibility index (Phi) is 6.22. The Bertz CT molecular complexity index is 1330. The van der Waals surface area contributed by atoms with Crippen molar-refractivity contribution in [2.24, 2.45) is 17.3 Å². The standard InChI is InChI=1S/C26H25Cl2NO5S/c1-26(2)11-34-25(32)20(26)19-15(24(30)31)9-8-14-18-17(12-4-6-13(33-3)7-5-12)21(28)16(10-27)29-23(18)35-22(14)19/h4-7,15,19-20H,8-11H2,1-3H3,(H,30,31)/t15-,19?,20-/m0/s1. The van der Waals surface area contributed by atoms with Gasteiger partial charge in [0.15, 0.2) is 0 Å². The van der Waals surface area contributed by atoms with Gasteiger partial charge in [0.2, 0.25) is 0 Å². The quantitative estimate of drug-likeness (QED) is 0.306. The summed E-state index contributed by atoms with van der Waals surface area (Å²) in [4.78, 5) is 31.7. The van der Waals surface area contributed by atoms with Crippen LogP contribution in [0, 0.1) is 17.3 Å². The van der Waals surface area contributed by atoms with Crippen molar-refractivity contribution in [2.75, 3.05) is 13.7 Å². The molecule has 0 amide bonds. The van der Waals surface area contributed by atoms with Crippen LogP contribution in [0.3, 0.4) is 0 Å². The van der Waals surface area contributed by atoms with E-state index in [0.29, 0.717) is 23.6 Å². The lowest BCUT2D eigenvalue weighted by molar-refractivity contribution is -0.146. The lowest BCUT2D eigenvalue weighted by atomic mass is 9.65. The molecule has 0 saturated carbocycles. The van der Waals surface area contributed by atoms with Gasteiger partial charge in [-0.05, 0) is 36.1 Å². The molecule has 6 nitrogen and oxygen atoms in total. The second kappa shape index (κ2) is 8.95. The Balaban J connectivity index is 1.79. The fourth-order valence-corrected chi connectivity index (χ4v) is 7.61. The lowest BCUT2D eigenvalue weighted by Crippen LogP contribution is -2.38. The van der Waals surface area contributed by atoms with Crippen molar-refractivity contribution in [2.45, 2.75) is 38.5 Å². The van der Waals surface area contributed by atoms with E-state index in [2.05, 4.69) is 0 Å². The van der Waals surface area contributed by atoms with Crippen molar-refractivity contribution in [3.63, 3.8) is 0 Å². The number of halogens is 2. The van der Waals surface area contributed by atoms with Crippen LogP contribution < -0.4 is 4.74 Å². The summed E-state index contributed by atoms with van der Waals surface area (Å²) < 4.78 is 10.7. The van der Waals surface area contributed by atoms with E-state index in [1.807, 2.05) is 38.1 Å². The van der Waals surface area contributed by atoms with Gasteiger partial charge in [-0.3, -0.25) is 9.59 Å². The highest BCUT2D eigenvalue weighted by molar-refractivity contribution is 7.19. The number of cyclic esters (lactones) is 1. The summed E-state index contributed by atoms with van der Waals surface area (Å²) in [6, 6.07) is 7.63. The first-order valence-corrected chi connectivity index (χ1v) is 13.1. The molecule has 1 aliphatic carbocycles. The fraction of sp³-hybridized carbons (Fsp3) is 0.423. The number of carboxylic acids is 1. The number of thiophene rings is 1. The largest absolute Gasteiger partial charge is 0.497 e. The highest BCUT2D eigenvalue weighted by Crippen LogP contribution is 2.55. The molecule has 1 saturated heterocycles. The van der Waals surface area contributed by atoms with Gasteiger partial charge >= 0.3 is 11.9 Å². The third-order valence-electron chi connectivity index (χ3n) is 7.28. The van der Waals surface area contributed by atoms with Gasteiger partial charge in [-0.2, -0.15) is 0 Å². The van der Waals surface area contributed by atoms with E-state index in [4.69, 9.17) is 37.7 Å². The van der Waals surface area contributed by atoms with Gasteiger partial charge in [0, 0.05) is 27.2 Å². The van der Waals surface area contributed by atoms with E-state index >= 15 is 0 Å². The molecule has 1 aliphatic heterocycles. The SMILES string of the molecule is COc1ccc(-c2c(Cl)c(CCl)nc3sc4c(c23)CC[C@H](C(=O)O)C4[C@H]2C(=O)OCC2(C)C)cc1. The molecule has 5 rings (SSSR count). The molecular weight excluding hydrogens is 509 g/mol. The highest BCUT2D eigenvalue weighted by Gasteiger charge is 2.54. The molecule has 9 heteroatoms. The monoisotopic (exact) mass is 533 g/mol. The third-order valence-corrected chi connectivity index (χ3v) is 9.17. The predicted molar refractivity (Wildman–Crippen MR) is 137 cm³/mol. The number of nitrogens with zero attached hydrogens (tertiary/aromatic N) is 1. The summed E-state index contributed by atoms with van der Waals surface area (Å²) >= 11 is 14.5. The Labute approximate surface area is 217 Å². The zero-order valence-corrected chi connectivity index (χ0v) is 21.9. The maximum Gasteiger partial charge on any atom is 0.310 e. The van der Waals surface area contributed by atoms with Gasteiger partial charge in [-0.1, -0.05) is 37.6 Å². The number of methoxy groups -OCH3 is 1. The van der Waals surface area contributed by atoms with Crippen molar-refractivity contribution in [1.29, 1.82) is 0 Å². The molecule has 1 unspecified atom stereocenters. The molecule has 2 aromatic heterocycles. The van der Waals surface area contributed by atoms with Gasteiger partial charge in [0.25, 0.3) is 0 Å². The molecule has 35 heavy (non-hydrogen) atoms. The van der Waals surface area contributed by atoms with Crippen molar-refractivity contribution in [3.8, 4) is 16.9 Å². The van der Waals surface area contributed by atoms with E-state index in [9.17, 15) is 14.7 Å². The van der Waals surface area contributed by atoms with Gasteiger partial charge in [0.05, 0.1) is 42.1 Å². The maximum atomic E-state index is 12.9. The van der Waals surface area contributed by atoms with E-state index < -0.39 is 29.1 Å². The number of hydrogen-bond donors (Lipinski definition) is 1. The zero-order valence-electron chi connectivity index (χ0n) is 19.6. The second-order valence-corrected chi connectivity index (χ2v) is 11.5. The summed E-state index contributed by atoms with van der Waals surface area (Å²) in [6.45, 7) is 4.20. The van der Waals surface area contributed by atoms with Crippen LogP contribution in [0.4, 0.5) is 0 Å². The number of carbonyl (C=O) groups excluding carboxylic acids is 1. The number of alkyl halides is 1. The average Bonchev–Trinajstić information content (AvgIpc) is 3.33. The van der Waals surface area contributed by atoms with E-state index in [1.54, 1.807) is 7.11 Å². The minimum atomic E-state index is -0.892. The number of rotatable bonds is 5. The first-order valence-electron chi connectivity index (χ1n) is 11.4. The molecule has 0 bridgehead atoms. The number of aromatic nitrogens is 1. The van der Waals surface area contributed by atoms with Crippen molar-refractivity contribution >= 4 is 56.7 Å². The van der Waals surface area contributed by atoms with Crippen LogP contribution in [0.15, 0.2) is 24.3 Å². The molecule has 3 atom stereocenters. The third kappa shape index (κ3) is 3.88. The Hall–Kier alpha value is -2.35. The summed E-state index contributed by atoms with van der Waals surface area (Å²) in [7, 11) is 1.61. The maximum absolute atomic E-state index is 12.9. The topological polar surface area (TPSA) is 85.7 Å². The summed E-state index contributed by atoms with van der Waals surface area (Å²) in [5, 5.41) is 11.5. The lowest BCUT2D eigenvalue weighted by Gasteiger charge is -2.36. The summed E-state index contributed by atoms with van der Waals surface area (Å²) in [6.07, 6.45) is 0.988. The number of fused-ring (bicyclic) bond motifs is 3. The minimum absolute atomic E-state index is 0.143. The molecule has 1 N–H and O–H groups in total. The molecule has 1 aromatic carbocycles. The minimum Gasteiger partial charge on any atom is -0.497 e. The van der Waals surface area contributed by atoms with Crippen LogP contribution in [0.1, 0.15) is 42.3 Å². The van der Waals surface area contributed by atoms with E-state index in [1.165, 1.54) is 11.3 Å². The number of ether oxygens (including phenoxy) is 2. The predicted octanol–water partition coefficient (Wildman–Crippen LogP) is 6.29. The number of benzene rings is 1. The highest BCUT2D eigenvalue weighted by atomic mass is 35.5. The van der Waals surface area contributed by atoms with Crippen molar-refractivity contribution in [1.82, 2.24) is 4.98 Å². The molecule has 0 spiro atoms. The van der Waals surface area contributed by atoms with E-state index in [-0.39, 0.29) is 18.5 Å². The van der Waals surface area contributed by atoms with Gasteiger partial charge in [-0.15, -0.1) is 22.9 Å². The number of aryl methyl sites for hydroxylation is 1. The number of esters is 1. The van der Waals surface area contributed by atoms with Crippen molar-refractivity contribution < 1.29 is 24.2 Å². The number of carboxylic acid groups (broad SMARTS) is 1. The smallest absolute Gasteiger partial charge is 0.310 e. The van der Waals surface area contributed by atoms with Crippen LogP contribution in [0.5, 0.6) is 5.75 Å². The van der Waals surface area contributed by atoms with Gasteiger partial charge in [-0.25, -0.2) is 4.98 Å². The Morgan fingerprint density at radius 1 is 1.31 bits per heavy atom. The number of pyridine rings is 1. The average molecular weight is 534 g/mol. The van der Waals surface area contributed by atoms with Crippen molar-refractivity contribution in [3.05, 3.63) is 45.4 Å². The molecule has 3 heterocycles. The van der Waals surface area contributed by atoms with Crippen LogP contribution >= 0.6 is 34.5 Å². The number of aliphatic carboxylic acids is 1. The summed E-state index contributed by atoms with van der Waals surface area (Å²) in [5.41, 5.74) is 2.83. The Morgan fingerprint density at radius 2 is 2.03 bits per heavy atom. The zero-order chi connectivity index (χ0) is 25.1. The van der Waals surface area contributed by atoms with Crippen LogP contribution in [-0.4, -0.2) is 35.7 Å². The van der Waals surface area contributed by atoms with Gasteiger partial charge in [0.1, 0.15) is 10.6 Å². The van der Waals surface area contributed by atoms with Gasteiger partial charge < -0.3 is 14.6 Å². The van der Waals surface area contributed by atoms with Crippen LogP contribution in [0.25, 0.3) is 21.3 Å². The fourth-order valence-electron chi connectivity index (χ4n) is 5.58. The van der Waals surface area contributed by atoms with Crippen LogP contribution in [-0.2, 0) is 26.6 Å². The first-order chi connectivity index (χ1) is 16.7. The van der Waals surface area contributed by atoms with Crippen LogP contribution in [0.2, 0.25) is 5.02 Å². The molecule has 1 fully saturated rings. The normalized spacial score (nSPS) is 23.2. The summed E-state index contributed by atoms with van der Waals surface area (Å²) in [5.74, 6) is -2.09. The molecule has 0 radical (unpaired) electrons.